The van der Waals surface area contributed by atoms with Crippen molar-refractivity contribution in [2.24, 2.45) is 16.7 Å². The second-order valence-electron chi connectivity index (χ2n) is 10.8. The molecule has 0 fully saturated rings. The average Bonchev–Trinajstić information content (AvgIpc) is 2.56. The number of ether oxygens (including phenoxy) is 2. The summed E-state index contributed by atoms with van der Waals surface area (Å²) in [4.78, 5) is 0. The Morgan fingerprint density at radius 1 is 0.893 bits per heavy atom. The highest BCUT2D eigenvalue weighted by atomic mass is 16.5. The maximum atomic E-state index is 6.22. The van der Waals surface area contributed by atoms with E-state index in [2.05, 4.69) is 91.9 Å². The van der Waals surface area contributed by atoms with Gasteiger partial charge in [0.2, 0.25) is 0 Å². The van der Waals surface area contributed by atoms with Gasteiger partial charge in [-0.3, -0.25) is 0 Å². The van der Waals surface area contributed by atoms with E-state index < -0.39 is 0 Å². The molecule has 0 spiro atoms. The third kappa shape index (κ3) is 9.43. The van der Waals surface area contributed by atoms with Crippen LogP contribution in [0.4, 0.5) is 0 Å². The molecule has 0 amide bonds. The zero-order chi connectivity index (χ0) is 21.4. The van der Waals surface area contributed by atoms with Crippen LogP contribution in [0.2, 0.25) is 0 Å². The molecule has 0 radical (unpaired) electrons. The molecule has 0 heterocycles. The predicted molar refractivity (Wildman–Crippen MR) is 121 cm³/mol. The van der Waals surface area contributed by atoms with Crippen molar-refractivity contribution in [3.63, 3.8) is 0 Å². The molecule has 28 heavy (non-hydrogen) atoms. The van der Waals surface area contributed by atoms with E-state index >= 15 is 0 Å². The second kappa shape index (κ2) is 10.6. The smallest absolute Gasteiger partial charge is 0.119 e. The highest BCUT2D eigenvalue weighted by Crippen LogP contribution is 2.40. The standard InChI is InChI=1S/C25H45NO2/c1-20(2)19-27-22-12-10-21(11-13-22)18-26-16-14-25(8,9)28-17-15-24(6,7)23(3,4)5/h10-13,20,26H,14-19H2,1-9H3. The van der Waals surface area contributed by atoms with Crippen molar-refractivity contribution in [2.75, 3.05) is 19.8 Å². The van der Waals surface area contributed by atoms with Crippen LogP contribution in [0.15, 0.2) is 24.3 Å². The molecule has 1 N–H and O–H groups in total. The van der Waals surface area contributed by atoms with Crippen molar-refractivity contribution in [1.29, 1.82) is 0 Å². The first-order valence-electron chi connectivity index (χ1n) is 10.9. The van der Waals surface area contributed by atoms with E-state index in [1.807, 2.05) is 0 Å². The molecule has 1 aromatic rings. The summed E-state index contributed by atoms with van der Waals surface area (Å²) in [5, 5.41) is 3.54. The topological polar surface area (TPSA) is 30.5 Å². The maximum Gasteiger partial charge on any atom is 0.119 e. The van der Waals surface area contributed by atoms with Crippen molar-refractivity contribution in [3.8, 4) is 5.75 Å². The van der Waals surface area contributed by atoms with Gasteiger partial charge in [0.05, 0.1) is 12.2 Å². The fourth-order valence-electron chi connectivity index (χ4n) is 2.62. The lowest BCUT2D eigenvalue weighted by Crippen LogP contribution is -2.34. The van der Waals surface area contributed by atoms with Crippen molar-refractivity contribution in [3.05, 3.63) is 29.8 Å². The van der Waals surface area contributed by atoms with Gasteiger partial charge in [-0.15, -0.1) is 0 Å². The normalized spacial score (nSPS) is 13.2. The summed E-state index contributed by atoms with van der Waals surface area (Å²) >= 11 is 0. The Bertz CT molecular complexity index is 553. The van der Waals surface area contributed by atoms with Crippen LogP contribution in [-0.4, -0.2) is 25.4 Å². The van der Waals surface area contributed by atoms with Gasteiger partial charge >= 0.3 is 0 Å². The number of hydrogen-bond acceptors (Lipinski definition) is 3. The summed E-state index contributed by atoms with van der Waals surface area (Å²) in [6.07, 6.45) is 2.08. The van der Waals surface area contributed by atoms with Gasteiger partial charge in [0.1, 0.15) is 5.75 Å². The van der Waals surface area contributed by atoms with Gasteiger partial charge in [0, 0.05) is 13.2 Å². The Morgan fingerprint density at radius 3 is 2.04 bits per heavy atom. The molecule has 0 aliphatic rings. The molecule has 0 saturated carbocycles. The van der Waals surface area contributed by atoms with Crippen LogP contribution in [0.1, 0.15) is 80.7 Å². The molecule has 1 rings (SSSR count). The van der Waals surface area contributed by atoms with Gasteiger partial charge in [-0.2, -0.15) is 0 Å². The van der Waals surface area contributed by atoms with Crippen molar-refractivity contribution >= 4 is 0 Å². The Hall–Kier alpha value is -1.06. The number of rotatable bonds is 12. The van der Waals surface area contributed by atoms with E-state index in [-0.39, 0.29) is 16.4 Å². The Morgan fingerprint density at radius 2 is 1.50 bits per heavy atom. The molecule has 3 nitrogen and oxygen atoms in total. The zero-order valence-corrected chi connectivity index (χ0v) is 19.9. The van der Waals surface area contributed by atoms with Crippen molar-refractivity contribution in [1.82, 2.24) is 5.32 Å². The lowest BCUT2D eigenvalue weighted by molar-refractivity contribution is -0.0449. The van der Waals surface area contributed by atoms with E-state index in [0.717, 1.165) is 44.9 Å². The molecule has 0 bridgehead atoms. The molecule has 0 atom stereocenters. The van der Waals surface area contributed by atoms with E-state index in [9.17, 15) is 0 Å². The van der Waals surface area contributed by atoms with Crippen LogP contribution >= 0.6 is 0 Å². The number of hydrogen-bond donors (Lipinski definition) is 1. The summed E-state index contributed by atoms with van der Waals surface area (Å²) in [5.41, 5.74) is 1.74. The molecule has 162 valence electrons. The maximum absolute atomic E-state index is 6.22. The molecule has 0 aliphatic carbocycles. The van der Waals surface area contributed by atoms with Crippen LogP contribution in [0, 0.1) is 16.7 Å². The van der Waals surface area contributed by atoms with Crippen molar-refractivity contribution < 1.29 is 9.47 Å². The first kappa shape index (κ1) is 25.0. The van der Waals surface area contributed by atoms with Gasteiger partial charge in [0.25, 0.3) is 0 Å². The SMILES string of the molecule is CC(C)COc1ccc(CNCCC(C)(C)OCCC(C)(C)C(C)(C)C)cc1. The van der Waals surface area contributed by atoms with Crippen LogP contribution in [0.25, 0.3) is 0 Å². The van der Waals surface area contributed by atoms with Gasteiger partial charge in [-0.25, -0.2) is 0 Å². The summed E-state index contributed by atoms with van der Waals surface area (Å²) in [5.74, 6) is 1.50. The number of benzene rings is 1. The molecule has 1 aromatic carbocycles. The largest absolute Gasteiger partial charge is 0.493 e. The summed E-state index contributed by atoms with van der Waals surface area (Å²) in [7, 11) is 0. The Labute approximate surface area is 174 Å². The van der Waals surface area contributed by atoms with E-state index in [4.69, 9.17) is 9.47 Å². The fraction of sp³-hybridized carbons (Fsp3) is 0.760. The average molecular weight is 392 g/mol. The van der Waals surface area contributed by atoms with E-state index in [0.29, 0.717) is 5.92 Å². The zero-order valence-electron chi connectivity index (χ0n) is 19.9. The van der Waals surface area contributed by atoms with Crippen LogP contribution in [-0.2, 0) is 11.3 Å². The quantitative estimate of drug-likeness (QED) is 0.415. The molecular formula is C25H45NO2. The second-order valence-corrected chi connectivity index (χ2v) is 10.8. The highest BCUT2D eigenvalue weighted by Gasteiger charge is 2.32. The van der Waals surface area contributed by atoms with Gasteiger partial charge in [-0.1, -0.05) is 60.6 Å². The van der Waals surface area contributed by atoms with Gasteiger partial charge < -0.3 is 14.8 Å². The number of nitrogens with one attached hydrogen (secondary N) is 1. The van der Waals surface area contributed by atoms with Crippen molar-refractivity contribution in [2.45, 2.75) is 87.3 Å². The molecule has 0 unspecified atom stereocenters. The van der Waals surface area contributed by atoms with Gasteiger partial charge in [-0.05, 0) is 67.7 Å². The lowest BCUT2D eigenvalue weighted by atomic mass is 9.67. The molecule has 0 saturated heterocycles. The van der Waals surface area contributed by atoms with Crippen LogP contribution in [0.3, 0.4) is 0 Å². The summed E-state index contributed by atoms with van der Waals surface area (Å²) < 4.78 is 12.0. The minimum atomic E-state index is -0.102. The fourth-order valence-corrected chi connectivity index (χ4v) is 2.62. The molecule has 3 heteroatoms. The minimum absolute atomic E-state index is 0.102. The molecule has 0 aliphatic heterocycles. The highest BCUT2D eigenvalue weighted by molar-refractivity contribution is 5.27. The Kier molecular flexibility index (Phi) is 9.49. The first-order chi connectivity index (χ1) is 12.8. The lowest BCUT2D eigenvalue weighted by Gasteiger charge is -2.39. The van der Waals surface area contributed by atoms with E-state index in [1.54, 1.807) is 0 Å². The molecular weight excluding hydrogens is 346 g/mol. The predicted octanol–water partition coefficient (Wildman–Crippen LogP) is 6.46. The third-order valence-electron chi connectivity index (χ3n) is 5.99. The van der Waals surface area contributed by atoms with Crippen LogP contribution < -0.4 is 10.1 Å². The van der Waals surface area contributed by atoms with Gasteiger partial charge in [0.15, 0.2) is 0 Å². The molecule has 0 aromatic heterocycles. The summed E-state index contributed by atoms with van der Waals surface area (Å²) in [6.45, 7) is 23.7. The monoisotopic (exact) mass is 391 g/mol. The first-order valence-corrected chi connectivity index (χ1v) is 10.9. The van der Waals surface area contributed by atoms with Crippen LogP contribution in [0.5, 0.6) is 5.75 Å². The summed E-state index contributed by atoms with van der Waals surface area (Å²) in [6, 6.07) is 8.39. The van der Waals surface area contributed by atoms with E-state index in [1.165, 1.54) is 5.56 Å². The Balaban J connectivity index is 2.28. The minimum Gasteiger partial charge on any atom is -0.493 e. The third-order valence-corrected chi connectivity index (χ3v) is 5.99.